The molecule has 0 bridgehead atoms. The van der Waals surface area contributed by atoms with Crippen molar-refractivity contribution in [2.24, 2.45) is 5.92 Å². The molecule has 0 atom stereocenters. The first-order valence-electron chi connectivity index (χ1n) is 7.37. The average molecular weight is 255 g/mol. The minimum Gasteiger partial charge on any atom is -0.369 e. The molecule has 1 aromatic carbocycles. The molecule has 1 saturated carbocycles. The molecule has 1 aromatic heterocycles. The van der Waals surface area contributed by atoms with Crippen LogP contribution in [-0.4, -0.2) is 16.5 Å². The molecule has 0 spiro atoms. The molecule has 0 amide bonds. The van der Waals surface area contributed by atoms with Crippen LogP contribution in [0.3, 0.4) is 0 Å². The molecule has 0 radical (unpaired) electrons. The second-order valence-electron chi connectivity index (χ2n) is 5.46. The Hall–Kier alpha value is -1.64. The van der Waals surface area contributed by atoms with Crippen molar-refractivity contribution < 1.29 is 0 Å². The van der Waals surface area contributed by atoms with Crippen LogP contribution in [0.1, 0.15) is 38.5 Å². The standard InChI is InChI=1S/C16H21N3/c1-2-7-13(6-1)8-5-11-17-16-12-18-14-9-3-4-10-15(14)19-16/h3-4,9-10,12-13H,1-2,5-8,11H2,(H,17,19). The first kappa shape index (κ1) is 12.4. The first-order valence-corrected chi connectivity index (χ1v) is 7.37. The van der Waals surface area contributed by atoms with E-state index < -0.39 is 0 Å². The minimum absolute atomic E-state index is 0.894. The van der Waals surface area contributed by atoms with E-state index in [1.807, 2.05) is 30.5 Å². The van der Waals surface area contributed by atoms with Crippen LogP contribution in [0.25, 0.3) is 11.0 Å². The highest BCUT2D eigenvalue weighted by molar-refractivity contribution is 5.75. The molecule has 1 N–H and O–H groups in total. The van der Waals surface area contributed by atoms with Crippen molar-refractivity contribution in [1.82, 2.24) is 9.97 Å². The third-order valence-corrected chi connectivity index (χ3v) is 4.02. The number of para-hydroxylation sites is 2. The van der Waals surface area contributed by atoms with Crippen molar-refractivity contribution in [3.8, 4) is 0 Å². The number of benzene rings is 1. The summed E-state index contributed by atoms with van der Waals surface area (Å²) >= 11 is 0. The lowest BCUT2D eigenvalue weighted by Crippen LogP contribution is -2.06. The van der Waals surface area contributed by atoms with E-state index in [0.29, 0.717) is 0 Å². The van der Waals surface area contributed by atoms with E-state index in [9.17, 15) is 0 Å². The van der Waals surface area contributed by atoms with E-state index in [0.717, 1.165) is 29.3 Å². The van der Waals surface area contributed by atoms with Gasteiger partial charge < -0.3 is 5.32 Å². The van der Waals surface area contributed by atoms with Crippen molar-refractivity contribution in [3.63, 3.8) is 0 Å². The molecule has 100 valence electrons. The molecule has 2 aromatic rings. The molecular weight excluding hydrogens is 234 g/mol. The van der Waals surface area contributed by atoms with Crippen LogP contribution in [0.5, 0.6) is 0 Å². The topological polar surface area (TPSA) is 37.8 Å². The van der Waals surface area contributed by atoms with Gasteiger partial charge in [0.15, 0.2) is 0 Å². The van der Waals surface area contributed by atoms with Gasteiger partial charge in [-0.2, -0.15) is 0 Å². The maximum absolute atomic E-state index is 4.57. The average Bonchev–Trinajstić information content (AvgIpc) is 2.97. The zero-order valence-corrected chi connectivity index (χ0v) is 11.3. The number of hydrogen-bond donors (Lipinski definition) is 1. The molecule has 0 unspecified atom stereocenters. The summed E-state index contributed by atoms with van der Waals surface area (Å²) in [6, 6.07) is 7.99. The van der Waals surface area contributed by atoms with Gasteiger partial charge in [-0.25, -0.2) is 4.98 Å². The van der Waals surface area contributed by atoms with Crippen LogP contribution in [0, 0.1) is 5.92 Å². The SMILES string of the molecule is c1ccc2nc(NCCCC3CCCC3)cnc2c1. The number of rotatable bonds is 5. The summed E-state index contributed by atoms with van der Waals surface area (Å²) in [5.74, 6) is 1.87. The Labute approximate surface area is 114 Å². The molecule has 3 nitrogen and oxygen atoms in total. The van der Waals surface area contributed by atoms with Gasteiger partial charge in [-0.3, -0.25) is 4.98 Å². The fraction of sp³-hybridized carbons (Fsp3) is 0.500. The van der Waals surface area contributed by atoms with Gasteiger partial charge in [-0.1, -0.05) is 37.8 Å². The predicted octanol–water partition coefficient (Wildman–Crippen LogP) is 4.01. The lowest BCUT2D eigenvalue weighted by Gasteiger charge is -2.09. The Bertz CT molecular complexity index is 532. The summed E-state index contributed by atoms with van der Waals surface area (Å²) in [5, 5.41) is 3.39. The minimum atomic E-state index is 0.894. The quantitative estimate of drug-likeness (QED) is 0.820. The van der Waals surface area contributed by atoms with Crippen LogP contribution >= 0.6 is 0 Å². The van der Waals surface area contributed by atoms with Crippen LogP contribution in [-0.2, 0) is 0 Å². The Kier molecular flexibility index (Phi) is 3.92. The van der Waals surface area contributed by atoms with Gasteiger partial charge in [0.2, 0.25) is 0 Å². The zero-order valence-electron chi connectivity index (χ0n) is 11.3. The van der Waals surface area contributed by atoms with Gasteiger partial charge in [0.05, 0.1) is 17.2 Å². The summed E-state index contributed by atoms with van der Waals surface area (Å²) in [7, 11) is 0. The molecule has 1 heterocycles. The van der Waals surface area contributed by atoms with Crippen molar-refractivity contribution in [2.45, 2.75) is 38.5 Å². The van der Waals surface area contributed by atoms with Gasteiger partial charge in [0.25, 0.3) is 0 Å². The van der Waals surface area contributed by atoms with E-state index in [1.165, 1.54) is 38.5 Å². The second-order valence-corrected chi connectivity index (χ2v) is 5.46. The lowest BCUT2D eigenvalue weighted by molar-refractivity contribution is 0.491. The Balaban J connectivity index is 1.50. The number of nitrogens with one attached hydrogen (secondary N) is 1. The number of anilines is 1. The van der Waals surface area contributed by atoms with Gasteiger partial charge >= 0.3 is 0 Å². The fourth-order valence-corrected chi connectivity index (χ4v) is 2.95. The van der Waals surface area contributed by atoms with E-state index in [4.69, 9.17) is 0 Å². The van der Waals surface area contributed by atoms with Crippen LogP contribution < -0.4 is 5.32 Å². The molecule has 0 aliphatic heterocycles. The number of nitrogens with zero attached hydrogens (tertiary/aromatic N) is 2. The fourth-order valence-electron chi connectivity index (χ4n) is 2.95. The second kappa shape index (κ2) is 6.00. The van der Waals surface area contributed by atoms with Crippen LogP contribution in [0.15, 0.2) is 30.5 Å². The Morgan fingerprint density at radius 2 is 1.89 bits per heavy atom. The third kappa shape index (κ3) is 3.22. The Morgan fingerprint density at radius 1 is 1.11 bits per heavy atom. The van der Waals surface area contributed by atoms with E-state index in [-0.39, 0.29) is 0 Å². The lowest BCUT2D eigenvalue weighted by atomic mass is 10.0. The summed E-state index contributed by atoms with van der Waals surface area (Å²) in [6.45, 7) is 1.00. The monoisotopic (exact) mass is 255 g/mol. The summed E-state index contributed by atoms with van der Waals surface area (Å²) < 4.78 is 0. The molecular formula is C16H21N3. The van der Waals surface area contributed by atoms with E-state index in [1.54, 1.807) is 0 Å². The normalized spacial score (nSPS) is 16.0. The van der Waals surface area contributed by atoms with Crippen LogP contribution in [0.4, 0.5) is 5.82 Å². The third-order valence-electron chi connectivity index (χ3n) is 4.02. The maximum atomic E-state index is 4.57. The molecule has 19 heavy (non-hydrogen) atoms. The largest absolute Gasteiger partial charge is 0.369 e. The summed E-state index contributed by atoms with van der Waals surface area (Å²) in [5.41, 5.74) is 1.92. The van der Waals surface area contributed by atoms with Gasteiger partial charge in [-0.15, -0.1) is 0 Å². The molecule has 1 aliphatic carbocycles. The molecule has 1 aliphatic rings. The molecule has 1 fully saturated rings. The number of aromatic nitrogens is 2. The zero-order chi connectivity index (χ0) is 12.9. The van der Waals surface area contributed by atoms with Crippen molar-refractivity contribution in [2.75, 3.05) is 11.9 Å². The van der Waals surface area contributed by atoms with Crippen molar-refractivity contribution in [1.29, 1.82) is 0 Å². The molecule has 3 heteroatoms. The van der Waals surface area contributed by atoms with Crippen molar-refractivity contribution in [3.05, 3.63) is 30.5 Å². The number of fused-ring (bicyclic) bond motifs is 1. The van der Waals surface area contributed by atoms with Gasteiger partial charge in [0.1, 0.15) is 5.82 Å². The van der Waals surface area contributed by atoms with Crippen LogP contribution in [0.2, 0.25) is 0 Å². The van der Waals surface area contributed by atoms with Gasteiger partial charge in [0, 0.05) is 6.54 Å². The molecule has 0 saturated heterocycles. The maximum Gasteiger partial charge on any atom is 0.145 e. The summed E-state index contributed by atoms with van der Waals surface area (Å²) in [6.07, 6.45) is 10.2. The van der Waals surface area contributed by atoms with Gasteiger partial charge in [-0.05, 0) is 30.9 Å². The first-order chi connectivity index (χ1) is 9.42. The number of hydrogen-bond acceptors (Lipinski definition) is 3. The predicted molar refractivity (Wildman–Crippen MR) is 79.2 cm³/mol. The Morgan fingerprint density at radius 3 is 2.74 bits per heavy atom. The summed E-state index contributed by atoms with van der Waals surface area (Å²) in [4.78, 5) is 8.98. The highest BCUT2D eigenvalue weighted by Crippen LogP contribution is 2.28. The highest BCUT2D eigenvalue weighted by atomic mass is 15.0. The van der Waals surface area contributed by atoms with Crippen molar-refractivity contribution >= 4 is 16.9 Å². The van der Waals surface area contributed by atoms with E-state index >= 15 is 0 Å². The highest BCUT2D eigenvalue weighted by Gasteiger charge is 2.13. The van der Waals surface area contributed by atoms with E-state index in [2.05, 4.69) is 15.3 Å². The smallest absolute Gasteiger partial charge is 0.145 e. The molecule has 3 rings (SSSR count).